The summed E-state index contributed by atoms with van der Waals surface area (Å²) in [7, 11) is -1.84. The maximum atomic E-state index is 11.6. The molecule has 0 fully saturated rings. The zero-order valence-electron chi connectivity index (χ0n) is 17.9. The summed E-state index contributed by atoms with van der Waals surface area (Å²) in [5, 5.41) is 5.58. The zero-order valence-corrected chi connectivity index (χ0v) is 18.7. The molecule has 2 aromatic heterocycles. The van der Waals surface area contributed by atoms with Crippen molar-refractivity contribution in [3.63, 3.8) is 0 Å². The molecule has 0 aliphatic carbocycles. The van der Waals surface area contributed by atoms with Crippen LogP contribution in [-0.2, 0) is 10.0 Å². The van der Waals surface area contributed by atoms with Gasteiger partial charge in [0.05, 0.1) is 47.0 Å². The van der Waals surface area contributed by atoms with Gasteiger partial charge in [0.2, 0.25) is 10.0 Å². The molecule has 0 saturated carbocycles. The smallest absolute Gasteiger partial charge is 0.229 e. The van der Waals surface area contributed by atoms with Crippen LogP contribution >= 0.6 is 0 Å². The Labute approximate surface area is 185 Å². The summed E-state index contributed by atoms with van der Waals surface area (Å²) < 4.78 is 31.3. The highest BCUT2D eigenvalue weighted by molar-refractivity contribution is 7.92. The number of hydrogen-bond acceptors (Lipinski definition) is 5. The summed E-state index contributed by atoms with van der Waals surface area (Å²) in [6.07, 6.45) is 1.12. The summed E-state index contributed by atoms with van der Waals surface area (Å²) in [6.45, 7) is 2.06. The lowest BCUT2D eigenvalue weighted by Gasteiger charge is -2.16. The van der Waals surface area contributed by atoms with Gasteiger partial charge in [-0.05, 0) is 36.8 Å². The molecule has 0 unspecified atom stereocenters. The molecular formula is C24H22N4O3S. The molecule has 0 aliphatic rings. The summed E-state index contributed by atoms with van der Waals surface area (Å²) in [5.74, 6) is 0.515. The Morgan fingerprint density at radius 2 is 1.84 bits per heavy atom. The lowest BCUT2D eigenvalue weighted by Crippen LogP contribution is -2.09. The number of hydrogen-bond donors (Lipinski definition) is 3. The number of aryl methyl sites for hydroxylation is 1. The molecule has 7 nitrogen and oxygen atoms in total. The number of anilines is 3. The number of methoxy groups -OCH3 is 1. The van der Waals surface area contributed by atoms with E-state index in [9.17, 15) is 8.42 Å². The second kappa shape index (κ2) is 7.42. The fourth-order valence-corrected chi connectivity index (χ4v) is 4.63. The Balaban J connectivity index is 1.74. The van der Waals surface area contributed by atoms with Crippen LogP contribution in [0.1, 0.15) is 5.56 Å². The molecule has 3 aromatic carbocycles. The van der Waals surface area contributed by atoms with E-state index < -0.39 is 10.0 Å². The molecule has 0 aliphatic heterocycles. The van der Waals surface area contributed by atoms with Crippen molar-refractivity contribution in [1.29, 1.82) is 0 Å². The molecule has 5 rings (SSSR count). The van der Waals surface area contributed by atoms with Crippen LogP contribution in [0.3, 0.4) is 0 Å². The van der Waals surface area contributed by atoms with Gasteiger partial charge in [0, 0.05) is 22.4 Å². The third-order valence-electron chi connectivity index (χ3n) is 5.43. The van der Waals surface area contributed by atoms with Gasteiger partial charge in [-0.3, -0.25) is 4.72 Å². The average molecular weight is 447 g/mol. The van der Waals surface area contributed by atoms with Gasteiger partial charge < -0.3 is 15.0 Å². The number of pyridine rings is 1. The van der Waals surface area contributed by atoms with Crippen molar-refractivity contribution in [3.05, 3.63) is 66.2 Å². The van der Waals surface area contributed by atoms with Crippen LogP contribution in [0.4, 0.5) is 17.1 Å². The molecule has 3 N–H and O–H groups in total. The quantitative estimate of drug-likeness (QED) is 0.340. The highest BCUT2D eigenvalue weighted by atomic mass is 32.2. The molecule has 0 radical (unpaired) electrons. The first-order chi connectivity index (χ1) is 15.3. The Morgan fingerprint density at radius 3 is 2.62 bits per heavy atom. The van der Waals surface area contributed by atoms with Crippen LogP contribution in [0.2, 0.25) is 0 Å². The second-order valence-electron chi connectivity index (χ2n) is 7.76. The minimum atomic E-state index is -3.39. The van der Waals surface area contributed by atoms with Crippen LogP contribution in [0.5, 0.6) is 5.75 Å². The van der Waals surface area contributed by atoms with E-state index in [1.165, 1.54) is 0 Å². The van der Waals surface area contributed by atoms with E-state index in [4.69, 9.17) is 9.72 Å². The van der Waals surface area contributed by atoms with Crippen LogP contribution in [-0.4, -0.2) is 31.8 Å². The van der Waals surface area contributed by atoms with Gasteiger partial charge in [-0.1, -0.05) is 30.3 Å². The Hall–Kier alpha value is -3.78. The number of aromatic nitrogens is 2. The van der Waals surface area contributed by atoms with Gasteiger partial charge in [0.25, 0.3) is 0 Å². The summed E-state index contributed by atoms with van der Waals surface area (Å²) in [4.78, 5) is 8.46. The molecule has 0 spiro atoms. The van der Waals surface area contributed by atoms with Crippen molar-refractivity contribution in [2.24, 2.45) is 0 Å². The fourth-order valence-electron chi connectivity index (χ4n) is 4.07. The normalized spacial score (nSPS) is 11.8. The van der Waals surface area contributed by atoms with E-state index in [1.807, 2.05) is 30.3 Å². The molecule has 5 aromatic rings. The van der Waals surface area contributed by atoms with Crippen molar-refractivity contribution in [1.82, 2.24) is 9.97 Å². The number of H-pyrrole nitrogens is 1. The van der Waals surface area contributed by atoms with Crippen LogP contribution in [0, 0.1) is 6.92 Å². The summed E-state index contributed by atoms with van der Waals surface area (Å²) >= 11 is 0. The number of nitrogens with one attached hydrogen (secondary N) is 3. The first kappa shape index (κ1) is 20.1. The van der Waals surface area contributed by atoms with Crippen molar-refractivity contribution in [2.45, 2.75) is 6.92 Å². The molecule has 2 heterocycles. The Morgan fingerprint density at radius 1 is 1.03 bits per heavy atom. The number of benzene rings is 3. The van der Waals surface area contributed by atoms with Crippen LogP contribution in [0.15, 0.2) is 60.7 Å². The Bertz CT molecular complexity index is 1610. The molecule has 0 amide bonds. The highest BCUT2D eigenvalue weighted by Crippen LogP contribution is 2.40. The zero-order chi connectivity index (χ0) is 22.5. The fraction of sp³-hybridized carbons (Fsp3) is 0.125. The third kappa shape index (κ3) is 3.48. The van der Waals surface area contributed by atoms with Gasteiger partial charge in [-0.2, -0.15) is 0 Å². The highest BCUT2D eigenvalue weighted by Gasteiger charge is 2.17. The van der Waals surface area contributed by atoms with Crippen LogP contribution < -0.4 is 14.8 Å². The number of sulfonamides is 1. The third-order valence-corrected chi connectivity index (χ3v) is 6.03. The average Bonchev–Trinajstić information content (AvgIpc) is 3.12. The monoisotopic (exact) mass is 446 g/mol. The topological polar surface area (TPSA) is 96.1 Å². The first-order valence-electron chi connectivity index (χ1n) is 10.1. The molecule has 0 bridgehead atoms. The SMILES string of the molecule is COc1cc(NS(C)(=O)=O)ccc1Nc1c2[nH]c3ccccc3c2nc2cccc(C)c12. The minimum absolute atomic E-state index is 0.432. The molecule has 0 atom stereocenters. The Kier molecular flexibility index (Phi) is 4.67. The van der Waals surface area contributed by atoms with E-state index in [-0.39, 0.29) is 0 Å². The number of para-hydroxylation sites is 1. The molecular weight excluding hydrogens is 424 g/mol. The summed E-state index contributed by atoms with van der Waals surface area (Å²) in [5.41, 5.74) is 6.80. The van der Waals surface area contributed by atoms with Gasteiger partial charge in [0.1, 0.15) is 5.75 Å². The molecule has 0 saturated heterocycles. The van der Waals surface area contributed by atoms with Crippen LogP contribution in [0.25, 0.3) is 32.8 Å². The van der Waals surface area contributed by atoms with E-state index in [1.54, 1.807) is 25.3 Å². The lowest BCUT2D eigenvalue weighted by atomic mass is 10.1. The van der Waals surface area contributed by atoms with Crippen molar-refractivity contribution in [2.75, 3.05) is 23.4 Å². The maximum Gasteiger partial charge on any atom is 0.229 e. The first-order valence-corrected chi connectivity index (χ1v) is 12.0. The van der Waals surface area contributed by atoms with E-state index in [2.05, 4.69) is 34.1 Å². The number of aromatic amines is 1. The largest absolute Gasteiger partial charge is 0.494 e. The molecule has 32 heavy (non-hydrogen) atoms. The van der Waals surface area contributed by atoms with E-state index in [0.717, 1.165) is 50.3 Å². The van der Waals surface area contributed by atoms with Gasteiger partial charge in [0.15, 0.2) is 0 Å². The predicted molar refractivity (Wildman–Crippen MR) is 131 cm³/mol. The van der Waals surface area contributed by atoms with Gasteiger partial charge in [-0.25, -0.2) is 13.4 Å². The van der Waals surface area contributed by atoms with Crippen molar-refractivity contribution >= 4 is 59.9 Å². The van der Waals surface area contributed by atoms with Gasteiger partial charge >= 0.3 is 0 Å². The summed E-state index contributed by atoms with van der Waals surface area (Å²) in [6, 6.07) is 19.3. The van der Waals surface area contributed by atoms with Crippen molar-refractivity contribution < 1.29 is 13.2 Å². The minimum Gasteiger partial charge on any atom is -0.494 e. The maximum absolute atomic E-state index is 11.6. The number of nitrogens with zero attached hydrogens (tertiary/aromatic N) is 1. The number of fused-ring (bicyclic) bond motifs is 4. The van der Waals surface area contributed by atoms with E-state index >= 15 is 0 Å². The van der Waals surface area contributed by atoms with Crippen molar-refractivity contribution in [3.8, 4) is 5.75 Å². The standard InChI is InChI=1S/C24H22N4O3S/c1-14-7-6-10-19-21(14)23(24-22(27-19)16-8-4-5-9-17(16)25-24)26-18-12-11-15(13-20(18)31-2)28-32(3,29)30/h4-13,25,28H,1-3H3,(H,26,27). The number of rotatable bonds is 5. The predicted octanol–water partition coefficient (Wildman–Crippen LogP) is 5.30. The number of ether oxygens (including phenoxy) is 1. The van der Waals surface area contributed by atoms with E-state index in [0.29, 0.717) is 17.1 Å². The molecule has 8 heteroatoms. The second-order valence-corrected chi connectivity index (χ2v) is 9.51. The lowest BCUT2D eigenvalue weighted by molar-refractivity contribution is 0.417. The van der Waals surface area contributed by atoms with Gasteiger partial charge in [-0.15, -0.1) is 0 Å². The molecule has 162 valence electrons.